The summed E-state index contributed by atoms with van der Waals surface area (Å²) in [5, 5.41) is 0. The van der Waals surface area contributed by atoms with Crippen molar-refractivity contribution in [2.24, 2.45) is 5.92 Å². The maximum absolute atomic E-state index is 13.2. The second-order valence-corrected chi connectivity index (χ2v) is 7.94. The molecule has 0 saturated carbocycles. The summed E-state index contributed by atoms with van der Waals surface area (Å²) in [5.41, 5.74) is 2.25. The number of carbonyl (C=O) groups excluding carboxylic acids is 2. The molecule has 0 aliphatic carbocycles. The average Bonchev–Trinajstić information content (AvgIpc) is 3.28. The highest BCUT2D eigenvalue weighted by molar-refractivity contribution is 5.92. The molecule has 0 bridgehead atoms. The van der Waals surface area contributed by atoms with Crippen molar-refractivity contribution in [3.05, 3.63) is 77.9 Å². The molecule has 0 radical (unpaired) electrons. The van der Waals surface area contributed by atoms with Crippen LogP contribution in [0.15, 0.2) is 66.7 Å². The first-order valence-corrected chi connectivity index (χ1v) is 10.6. The Morgan fingerprint density at radius 3 is 2.17 bits per heavy atom. The van der Waals surface area contributed by atoms with Gasteiger partial charge in [-0.15, -0.1) is 0 Å². The SMILES string of the molecule is O=C(/C=C\c1ccccc1)N1CCC(C(=O)N2CCC[C@@H]2c2ccccc2)CC1. The van der Waals surface area contributed by atoms with Crippen LogP contribution in [0.2, 0.25) is 0 Å². The molecule has 29 heavy (non-hydrogen) atoms. The number of hydrogen-bond acceptors (Lipinski definition) is 2. The largest absolute Gasteiger partial charge is 0.339 e. The van der Waals surface area contributed by atoms with Crippen molar-refractivity contribution in [3.63, 3.8) is 0 Å². The van der Waals surface area contributed by atoms with Crippen LogP contribution in [0.1, 0.15) is 42.9 Å². The van der Waals surface area contributed by atoms with E-state index in [9.17, 15) is 9.59 Å². The topological polar surface area (TPSA) is 40.6 Å². The maximum Gasteiger partial charge on any atom is 0.246 e. The third kappa shape index (κ3) is 4.58. The van der Waals surface area contributed by atoms with Gasteiger partial charge >= 0.3 is 0 Å². The van der Waals surface area contributed by atoms with Gasteiger partial charge in [0, 0.05) is 31.6 Å². The molecule has 2 aromatic rings. The monoisotopic (exact) mass is 388 g/mol. The molecule has 2 heterocycles. The number of benzene rings is 2. The van der Waals surface area contributed by atoms with Gasteiger partial charge in [0.1, 0.15) is 0 Å². The third-order valence-corrected chi connectivity index (χ3v) is 6.09. The first-order valence-electron chi connectivity index (χ1n) is 10.6. The van der Waals surface area contributed by atoms with Gasteiger partial charge in [0.25, 0.3) is 0 Å². The first kappa shape index (κ1) is 19.4. The minimum atomic E-state index is 0.0291. The standard InChI is InChI=1S/C25H28N2O2/c28-24(14-13-20-8-3-1-4-9-20)26-18-15-22(16-19-26)25(29)27-17-7-12-23(27)21-10-5-2-6-11-21/h1-6,8-11,13-14,22-23H,7,12,15-19H2/b14-13-/t23-/m1/s1. The molecule has 2 amide bonds. The van der Waals surface area contributed by atoms with E-state index in [1.165, 1.54) is 5.56 Å². The molecule has 2 saturated heterocycles. The van der Waals surface area contributed by atoms with Crippen LogP contribution in [-0.2, 0) is 9.59 Å². The van der Waals surface area contributed by atoms with Crippen LogP contribution in [-0.4, -0.2) is 41.2 Å². The molecule has 2 fully saturated rings. The summed E-state index contributed by atoms with van der Waals surface area (Å²) in [6.07, 6.45) is 7.10. The van der Waals surface area contributed by atoms with Crippen LogP contribution >= 0.6 is 0 Å². The summed E-state index contributed by atoms with van der Waals surface area (Å²) in [7, 11) is 0. The van der Waals surface area contributed by atoms with Gasteiger partial charge in [0.2, 0.25) is 11.8 Å². The van der Waals surface area contributed by atoms with E-state index in [2.05, 4.69) is 17.0 Å². The van der Waals surface area contributed by atoms with Crippen molar-refractivity contribution >= 4 is 17.9 Å². The minimum Gasteiger partial charge on any atom is -0.339 e. The van der Waals surface area contributed by atoms with Gasteiger partial charge in [-0.05, 0) is 42.9 Å². The predicted octanol–water partition coefficient (Wildman–Crippen LogP) is 4.30. The zero-order valence-corrected chi connectivity index (χ0v) is 16.7. The lowest BCUT2D eigenvalue weighted by molar-refractivity contribution is -0.140. The van der Waals surface area contributed by atoms with Crippen molar-refractivity contribution in [1.29, 1.82) is 0 Å². The van der Waals surface area contributed by atoms with E-state index >= 15 is 0 Å². The number of rotatable bonds is 4. The van der Waals surface area contributed by atoms with E-state index in [0.717, 1.165) is 37.8 Å². The van der Waals surface area contributed by atoms with Gasteiger partial charge in [-0.3, -0.25) is 9.59 Å². The Hall–Kier alpha value is -2.88. The summed E-state index contributed by atoms with van der Waals surface area (Å²) in [4.78, 5) is 29.6. The Labute approximate surface area is 172 Å². The zero-order chi connectivity index (χ0) is 20.1. The number of amides is 2. The second-order valence-electron chi connectivity index (χ2n) is 7.94. The molecule has 4 nitrogen and oxygen atoms in total. The Kier molecular flexibility index (Phi) is 6.09. The van der Waals surface area contributed by atoms with Crippen molar-refractivity contribution in [1.82, 2.24) is 9.80 Å². The molecule has 0 N–H and O–H groups in total. The van der Waals surface area contributed by atoms with E-state index in [-0.39, 0.29) is 23.8 Å². The quantitative estimate of drug-likeness (QED) is 0.733. The molecule has 0 spiro atoms. The van der Waals surface area contributed by atoms with Gasteiger partial charge in [0.05, 0.1) is 6.04 Å². The molecule has 2 aromatic carbocycles. The van der Waals surface area contributed by atoms with Crippen molar-refractivity contribution < 1.29 is 9.59 Å². The van der Waals surface area contributed by atoms with Crippen LogP contribution in [0.3, 0.4) is 0 Å². The van der Waals surface area contributed by atoms with E-state index < -0.39 is 0 Å². The van der Waals surface area contributed by atoms with Gasteiger partial charge in [-0.2, -0.15) is 0 Å². The number of piperidine rings is 1. The molecule has 2 aliphatic heterocycles. The molecule has 2 aliphatic rings. The number of hydrogen-bond donors (Lipinski definition) is 0. The van der Waals surface area contributed by atoms with Crippen LogP contribution < -0.4 is 0 Å². The number of carbonyl (C=O) groups is 2. The van der Waals surface area contributed by atoms with Crippen LogP contribution in [0.25, 0.3) is 6.08 Å². The molecule has 4 rings (SSSR count). The second kappa shape index (κ2) is 9.08. The highest BCUT2D eigenvalue weighted by Crippen LogP contribution is 2.34. The van der Waals surface area contributed by atoms with Gasteiger partial charge in [-0.25, -0.2) is 0 Å². The average molecular weight is 389 g/mol. The lowest BCUT2D eigenvalue weighted by Crippen LogP contribution is -2.43. The van der Waals surface area contributed by atoms with Crippen molar-refractivity contribution in [2.75, 3.05) is 19.6 Å². The van der Waals surface area contributed by atoms with Crippen molar-refractivity contribution in [2.45, 2.75) is 31.7 Å². The fourth-order valence-electron chi connectivity index (χ4n) is 4.47. The summed E-state index contributed by atoms with van der Waals surface area (Å²) in [6.45, 7) is 2.15. The van der Waals surface area contributed by atoms with E-state index in [0.29, 0.717) is 13.1 Å². The number of nitrogens with zero attached hydrogens (tertiary/aromatic N) is 2. The molecule has 4 heteroatoms. The Morgan fingerprint density at radius 2 is 1.48 bits per heavy atom. The van der Waals surface area contributed by atoms with E-state index in [1.807, 2.05) is 59.5 Å². The predicted molar refractivity (Wildman–Crippen MR) is 115 cm³/mol. The molecule has 150 valence electrons. The Balaban J connectivity index is 1.32. The number of likely N-dealkylation sites (tertiary alicyclic amines) is 2. The minimum absolute atomic E-state index is 0.0291. The van der Waals surface area contributed by atoms with Gasteiger partial charge in [-0.1, -0.05) is 60.7 Å². The fourth-order valence-corrected chi connectivity index (χ4v) is 4.47. The van der Waals surface area contributed by atoms with E-state index in [4.69, 9.17) is 0 Å². The maximum atomic E-state index is 13.2. The molecule has 1 atom stereocenters. The summed E-state index contributed by atoms with van der Waals surface area (Å²) in [6, 6.07) is 20.4. The first-order chi connectivity index (χ1) is 14.2. The fraction of sp³-hybridized carbons (Fsp3) is 0.360. The third-order valence-electron chi connectivity index (χ3n) is 6.09. The molecular formula is C25H28N2O2. The summed E-state index contributed by atoms with van der Waals surface area (Å²) >= 11 is 0. The zero-order valence-electron chi connectivity index (χ0n) is 16.7. The molecule has 0 aromatic heterocycles. The normalized spacial score (nSPS) is 20.3. The van der Waals surface area contributed by atoms with Crippen LogP contribution in [0.5, 0.6) is 0 Å². The van der Waals surface area contributed by atoms with Gasteiger partial charge in [0.15, 0.2) is 0 Å². The smallest absolute Gasteiger partial charge is 0.246 e. The Morgan fingerprint density at radius 1 is 0.828 bits per heavy atom. The van der Waals surface area contributed by atoms with E-state index in [1.54, 1.807) is 6.08 Å². The van der Waals surface area contributed by atoms with Crippen LogP contribution in [0.4, 0.5) is 0 Å². The molecule has 0 unspecified atom stereocenters. The summed E-state index contributed by atoms with van der Waals surface area (Å²) in [5.74, 6) is 0.327. The highest BCUT2D eigenvalue weighted by atomic mass is 16.2. The highest BCUT2D eigenvalue weighted by Gasteiger charge is 2.35. The van der Waals surface area contributed by atoms with Crippen molar-refractivity contribution in [3.8, 4) is 0 Å². The summed E-state index contributed by atoms with van der Waals surface area (Å²) < 4.78 is 0. The Bertz CT molecular complexity index is 855. The lowest BCUT2D eigenvalue weighted by Gasteiger charge is -2.34. The van der Waals surface area contributed by atoms with Gasteiger partial charge < -0.3 is 9.80 Å². The van der Waals surface area contributed by atoms with Crippen LogP contribution in [0, 0.1) is 5.92 Å². The molecular weight excluding hydrogens is 360 g/mol. The lowest BCUT2D eigenvalue weighted by atomic mass is 9.94.